The van der Waals surface area contributed by atoms with Crippen LogP contribution >= 0.6 is 0 Å². The van der Waals surface area contributed by atoms with Gasteiger partial charge in [-0.1, -0.05) is 12.1 Å². The molecule has 0 aliphatic heterocycles. The molecule has 0 aromatic heterocycles. The number of nitrogens with one attached hydrogen (secondary N) is 1. The number of ether oxygens (including phenoxy) is 1. The van der Waals surface area contributed by atoms with Crippen LogP contribution in [0.4, 0.5) is 5.69 Å². The molecule has 0 heterocycles. The topological polar surface area (TPSA) is 61.8 Å². The molecule has 20 heavy (non-hydrogen) atoms. The van der Waals surface area contributed by atoms with Crippen molar-refractivity contribution in [3.63, 3.8) is 0 Å². The van der Waals surface area contributed by atoms with Gasteiger partial charge in [0, 0.05) is 19.6 Å². The van der Waals surface area contributed by atoms with E-state index in [4.69, 9.17) is 4.74 Å². The Morgan fingerprint density at radius 1 is 1.50 bits per heavy atom. The number of aliphatic carboxylic acids is 1. The molecule has 1 aromatic rings. The maximum atomic E-state index is 11.2. The molecule has 1 atom stereocenters. The Morgan fingerprint density at radius 2 is 2.20 bits per heavy atom. The van der Waals surface area contributed by atoms with Gasteiger partial charge in [-0.2, -0.15) is 0 Å². The summed E-state index contributed by atoms with van der Waals surface area (Å²) >= 11 is 0. The fourth-order valence-electron chi connectivity index (χ4n) is 2.20. The van der Waals surface area contributed by atoms with Gasteiger partial charge in [-0.3, -0.25) is 4.79 Å². The molecule has 0 radical (unpaired) electrons. The van der Waals surface area contributed by atoms with Crippen LogP contribution < -0.4 is 15.0 Å². The predicted molar refractivity (Wildman–Crippen MR) is 78.5 cm³/mol. The van der Waals surface area contributed by atoms with Gasteiger partial charge >= 0.3 is 5.97 Å². The van der Waals surface area contributed by atoms with Crippen molar-refractivity contribution < 1.29 is 14.6 Å². The van der Waals surface area contributed by atoms with E-state index in [-0.39, 0.29) is 0 Å². The second kappa shape index (κ2) is 6.61. The van der Waals surface area contributed by atoms with Crippen molar-refractivity contribution in [3.05, 3.63) is 24.3 Å². The molecule has 0 amide bonds. The third-order valence-electron chi connectivity index (χ3n) is 3.56. The van der Waals surface area contributed by atoms with Crippen LogP contribution in [0.1, 0.15) is 19.3 Å². The second-order valence-electron chi connectivity index (χ2n) is 5.21. The molecular formula is C15H22N2O3. The maximum absolute atomic E-state index is 11.2. The van der Waals surface area contributed by atoms with Gasteiger partial charge in [-0.25, -0.2) is 0 Å². The van der Waals surface area contributed by atoms with Crippen LogP contribution in [0.15, 0.2) is 24.3 Å². The maximum Gasteiger partial charge on any atom is 0.320 e. The summed E-state index contributed by atoms with van der Waals surface area (Å²) in [4.78, 5) is 13.3. The van der Waals surface area contributed by atoms with Crippen LogP contribution in [-0.2, 0) is 4.79 Å². The molecule has 1 saturated carbocycles. The highest BCUT2D eigenvalue weighted by Crippen LogP contribution is 2.27. The molecular weight excluding hydrogens is 256 g/mol. The first-order valence-electron chi connectivity index (χ1n) is 6.95. The van der Waals surface area contributed by atoms with Crippen LogP contribution in [0.3, 0.4) is 0 Å². The van der Waals surface area contributed by atoms with Crippen molar-refractivity contribution in [2.45, 2.75) is 31.3 Å². The van der Waals surface area contributed by atoms with E-state index in [1.807, 2.05) is 36.2 Å². The van der Waals surface area contributed by atoms with Crippen molar-refractivity contribution in [3.8, 4) is 5.75 Å². The van der Waals surface area contributed by atoms with Crippen molar-refractivity contribution >= 4 is 11.7 Å². The highest BCUT2D eigenvalue weighted by atomic mass is 16.5. The number of hydrogen-bond acceptors (Lipinski definition) is 4. The average Bonchev–Trinajstić information content (AvgIpc) is 3.26. The summed E-state index contributed by atoms with van der Waals surface area (Å²) in [6.07, 6.45) is 2.75. The van der Waals surface area contributed by atoms with Gasteiger partial charge in [0.2, 0.25) is 0 Å². The summed E-state index contributed by atoms with van der Waals surface area (Å²) in [6, 6.07) is 7.68. The summed E-state index contributed by atoms with van der Waals surface area (Å²) < 4.78 is 5.32. The number of hydrogen-bond donors (Lipinski definition) is 2. The van der Waals surface area contributed by atoms with Crippen LogP contribution in [0.25, 0.3) is 0 Å². The van der Waals surface area contributed by atoms with Crippen molar-refractivity contribution in [2.24, 2.45) is 0 Å². The Balaban J connectivity index is 1.92. The van der Waals surface area contributed by atoms with Gasteiger partial charge in [0.25, 0.3) is 0 Å². The SMILES string of the molecule is COc1ccccc1N(C)CCC(NC1CC1)C(=O)O. The van der Waals surface area contributed by atoms with Crippen LogP contribution in [0, 0.1) is 0 Å². The minimum atomic E-state index is -0.773. The summed E-state index contributed by atoms with van der Waals surface area (Å²) in [5.41, 5.74) is 0.977. The molecule has 5 heteroatoms. The third-order valence-corrected chi connectivity index (χ3v) is 3.56. The highest BCUT2D eigenvalue weighted by Gasteiger charge is 2.28. The standard InChI is InChI=1S/C15H22N2O3/c1-17(13-5-3-4-6-14(13)20-2)10-9-12(15(18)19)16-11-7-8-11/h3-6,11-12,16H,7-10H2,1-2H3,(H,18,19). The van der Waals surface area contributed by atoms with E-state index in [2.05, 4.69) is 5.32 Å². The zero-order valence-corrected chi connectivity index (χ0v) is 12.0. The first-order valence-corrected chi connectivity index (χ1v) is 6.95. The Hall–Kier alpha value is -1.75. The molecule has 1 aromatic carbocycles. The van der Waals surface area contributed by atoms with E-state index in [1.54, 1.807) is 7.11 Å². The first kappa shape index (κ1) is 14.7. The van der Waals surface area contributed by atoms with Gasteiger partial charge < -0.3 is 20.1 Å². The van der Waals surface area contributed by atoms with Gasteiger partial charge in [-0.05, 0) is 31.4 Å². The molecule has 2 rings (SSSR count). The summed E-state index contributed by atoms with van der Waals surface area (Å²) in [5.74, 6) is 0.0300. The number of anilines is 1. The molecule has 1 unspecified atom stereocenters. The molecule has 1 fully saturated rings. The van der Waals surface area contributed by atoms with Gasteiger partial charge in [-0.15, -0.1) is 0 Å². The number of rotatable bonds is 8. The van der Waals surface area contributed by atoms with Crippen LogP contribution in [-0.4, -0.2) is 43.9 Å². The number of carboxylic acid groups (broad SMARTS) is 1. The van der Waals surface area contributed by atoms with E-state index >= 15 is 0 Å². The zero-order chi connectivity index (χ0) is 14.5. The van der Waals surface area contributed by atoms with E-state index in [1.165, 1.54) is 0 Å². The number of methoxy groups -OCH3 is 1. The lowest BCUT2D eigenvalue weighted by Gasteiger charge is -2.23. The number of para-hydroxylation sites is 2. The Morgan fingerprint density at radius 3 is 2.80 bits per heavy atom. The first-order chi connectivity index (χ1) is 9.61. The van der Waals surface area contributed by atoms with Crippen molar-refractivity contribution in [2.75, 3.05) is 25.6 Å². The molecule has 0 spiro atoms. The van der Waals surface area contributed by atoms with Crippen LogP contribution in [0.5, 0.6) is 5.75 Å². The third kappa shape index (κ3) is 3.87. The molecule has 1 aliphatic rings. The average molecular weight is 278 g/mol. The zero-order valence-electron chi connectivity index (χ0n) is 12.0. The summed E-state index contributed by atoms with van der Waals surface area (Å²) in [7, 11) is 3.59. The van der Waals surface area contributed by atoms with E-state index in [0.29, 0.717) is 19.0 Å². The van der Waals surface area contributed by atoms with Crippen molar-refractivity contribution in [1.29, 1.82) is 0 Å². The summed E-state index contributed by atoms with van der Waals surface area (Å²) in [5, 5.41) is 12.4. The Kier molecular flexibility index (Phi) is 4.84. The smallest absolute Gasteiger partial charge is 0.320 e. The lowest BCUT2D eigenvalue weighted by Crippen LogP contribution is -2.40. The number of benzene rings is 1. The molecule has 110 valence electrons. The Labute approximate surface area is 119 Å². The second-order valence-corrected chi connectivity index (χ2v) is 5.21. The number of carbonyl (C=O) groups is 1. The monoisotopic (exact) mass is 278 g/mol. The van der Waals surface area contributed by atoms with E-state index < -0.39 is 12.0 Å². The Bertz CT molecular complexity index is 460. The molecule has 0 saturated heterocycles. The number of carboxylic acids is 1. The summed E-state index contributed by atoms with van der Waals surface area (Å²) in [6.45, 7) is 0.664. The molecule has 2 N–H and O–H groups in total. The quantitative estimate of drug-likeness (QED) is 0.758. The van der Waals surface area contributed by atoms with Gasteiger partial charge in [0.1, 0.15) is 11.8 Å². The van der Waals surface area contributed by atoms with Crippen molar-refractivity contribution in [1.82, 2.24) is 5.32 Å². The van der Waals surface area contributed by atoms with E-state index in [0.717, 1.165) is 24.3 Å². The fraction of sp³-hybridized carbons (Fsp3) is 0.533. The minimum Gasteiger partial charge on any atom is -0.495 e. The van der Waals surface area contributed by atoms with Gasteiger partial charge in [0.15, 0.2) is 0 Å². The van der Waals surface area contributed by atoms with E-state index in [9.17, 15) is 9.90 Å². The lowest BCUT2D eigenvalue weighted by molar-refractivity contribution is -0.139. The lowest BCUT2D eigenvalue weighted by atomic mass is 10.2. The predicted octanol–water partition coefficient (Wildman–Crippen LogP) is 1.73. The minimum absolute atomic E-state index is 0.396. The van der Waals surface area contributed by atoms with Gasteiger partial charge in [0.05, 0.1) is 12.8 Å². The van der Waals surface area contributed by atoms with Crippen LogP contribution in [0.2, 0.25) is 0 Å². The fourth-order valence-corrected chi connectivity index (χ4v) is 2.20. The molecule has 5 nitrogen and oxygen atoms in total. The highest BCUT2D eigenvalue weighted by molar-refractivity contribution is 5.73. The molecule has 1 aliphatic carbocycles. The number of nitrogens with zero attached hydrogens (tertiary/aromatic N) is 1. The largest absolute Gasteiger partial charge is 0.495 e. The normalized spacial score (nSPS) is 15.7. The molecule has 0 bridgehead atoms.